The Bertz CT molecular complexity index is 551. The van der Waals surface area contributed by atoms with Gasteiger partial charge in [0, 0.05) is 18.0 Å². The maximum Gasteiger partial charge on any atom is 0.229 e. The van der Waals surface area contributed by atoms with Gasteiger partial charge < -0.3 is 9.33 Å². The molecular weight excluding hydrogens is 338 g/mol. The van der Waals surface area contributed by atoms with Crippen molar-refractivity contribution < 1.29 is 9.22 Å². The number of hydrogen-bond donors (Lipinski definition) is 0. The van der Waals surface area contributed by atoms with E-state index in [1.54, 1.807) is 0 Å². The van der Waals surface area contributed by atoms with Gasteiger partial charge in [0.25, 0.3) is 0 Å². The molecule has 0 aromatic rings. The van der Waals surface area contributed by atoms with Crippen molar-refractivity contribution in [1.29, 1.82) is 0 Å². The standard InChI is InChI=1S/C22H41NO2Si/c1-18(2,3)26-25-20(6,7)16-15-23(17(24)19(16,4)5)22-12-9-21(8,10-13-22)11-14-22/h16H,9-15,26H2,1-8H3. The second kappa shape index (κ2) is 6.07. The molecule has 2 bridgehead atoms. The van der Waals surface area contributed by atoms with Crippen molar-refractivity contribution in [2.24, 2.45) is 16.7 Å². The molecule has 1 unspecified atom stereocenters. The Morgan fingerprint density at radius 3 is 1.92 bits per heavy atom. The van der Waals surface area contributed by atoms with Gasteiger partial charge in [-0.3, -0.25) is 4.79 Å². The van der Waals surface area contributed by atoms with Gasteiger partial charge >= 0.3 is 0 Å². The molecular formula is C22H41NO2Si. The first-order chi connectivity index (χ1) is 11.7. The van der Waals surface area contributed by atoms with E-state index in [1.807, 2.05) is 0 Å². The van der Waals surface area contributed by atoms with Crippen molar-refractivity contribution in [3.63, 3.8) is 0 Å². The second-order valence-corrected chi connectivity index (χ2v) is 14.9. The summed E-state index contributed by atoms with van der Waals surface area (Å²) in [6.07, 6.45) is 7.48. The number of hydrogen-bond acceptors (Lipinski definition) is 2. The van der Waals surface area contributed by atoms with Crippen LogP contribution in [0.15, 0.2) is 0 Å². The number of carbonyl (C=O) groups excluding carboxylic acids is 1. The molecule has 1 heterocycles. The van der Waals surface area contributed by atoms with Gasteiger partial charge in [0.15, 0.2) is 9.76 Å². The summed E-state index contributed by atoms with van der Waals surface area (Å²) in [4.78, 5) is 15.8. The van der Waals surface area contributed by atoms with Crippen LogP contribution in [0.3, 0.4) is 0 Å². The molecule has 1 atom stereocenters. The summed E-state index contributed by atoms with van der Waals surface area (Å²) < 4.78 is 6.55. The van der Waals surface area contributed by atoms with Gasteiger partial charge in [0.05, 0.1) is 11.0 Å². The summed E-state index contributed by atoms with van der Waals surface area (Å²) in [5, 5.41) is 0.277. The molecule has 0 spiro atoms. The Balaban J connectivity index is 1.81. The lowest BCUT2D eigenvalue weighted by atomic mass is 9.57. The van der Waals surface area contributed by atoms with Crippen molar-refractivity contribution in [2.45, 2.75) is 110 Å². The van der Waals surface area contributed by atoms with Crippen molar-refractivity contribution >= 4 is 15.7 Å². The highest BCUT2D eigenvalue weighted by Crippen LogP contribution is 2.57. The lowest BCUT2D eigenvalue weighted by Crippen LogP contribution is -2.57. The van der Waals surface area contributed by atoms with Gasteiger partial charge in [-0.05, 0) is 62.8 Å². The Kier molecular flexibility index (Phi) is 4.76. The van der Waals surface area contributed by atoms with Crippen LogP contribution in [0.2, 0.25) is 5.04 Å². The zero-order valence-corrected chi connectivity index (χ0v) is 19.9. The molecule has 3 aliphatic carbocycles. The number of rotatable bonds is 4. The molecule has 3 nitrogen and oxygen atoms in total. The van der Waals surface area contributed by atoms with E-state index >= 15 is 0 Å². The van der Waals surface area contributed by atoms with Crippen LogP contribution >= 0.6 is 0 Å². The van der Waals surface area contributed by atoms with Gasteiger partial charge in [-0.15, -0.1) is 0 Å². The van der Waals surface area contributed by atoms with Crippen LogP contribution in [0.25, 0.3) is 0 Å². The fourth-order valence-corrected chi connectivity index (χ4v) is 6.76. The van der Waals surface area contributed by atoms with Gasteiger partial charge in [0.1, 0.15) is 0 Å². The first kappa shape index (κ1) is 20.4. The van der Waals surface area contributed by atoms with Gasteiger partial charge in [0.2, 0.25) is 5.91 Å². The molecule has 0 aromatic heterocycles. The smallest absolute Gasteiger partial charge is 0.229 e. The summed E-state index contributed by atoms with van der Waals surface area (Å²) in [6.45, 7) is 18.9. The molecule has 1 saturated heterocycles. The highest BCUT2D eigenvalue weighted by atomic mass is 28.2. The van der Waals surface area contributed by atoms with Gasteiger partial charge in [-0.25, -0.2) is 0 Å². The topological polar surface area (TPSA) is 29.5 Å². The minimum Gasteiger partial charge on any atom is -0.418 e. The van der Waals surface area contributed by atoms with Crippen LogP contribution in [0, 0.1) is 16.7 Å². The predicted molar refractivity (Wildman–Crippen MR) is 111 cm³/mol. The third-order valence-corrected chi connectivity index (χ3v) is 9.66. The van der Waals surface area contributed by atoms with E-state index in [0.29, 0.717) is 11.3 Å². The Hall–Kier alpha value is -0.353. The fraction of sp³-hybridized carbons (Fsp3) is 0.955. The average molecular weight is 380 g/mol. The molecule has 0 radical (unpaired) electrons. The summed E-state index contributed by atoms with van der Waals surface area (Å²) in [7, 11) is -0.644. The molecule has 4 rings (SSSR count). The van der Waals surface area contributed by atoms with Gasteiger partial charge in [-0.2, -0.15) is 0 Å². The monoisotopic (exact) mass is 379 g/mol. The van der Waals surface area contributed by atoms with E-state index < -0.39 is 9.76 Å². The SMILES string of the molecule is CC12CCC(N3CC(C(C)(C)O[SiH2]C(C)(C)C)C(C)(C)C3=O)(CC1)CC2. The molecule has 3 saturated carbocycles. The third kappa shape index (κ3) is 3.41. The zero-order valence-electron chi connectivity index (χ0n) is 18.5. The number of amides is 1. The molecule has 1 amide bonds. The molecule has 1 aliphatic heterocycles. The van der Waals surface area contributed by atoms with E-state index in [1.165, 1.54) is 38.5 Å². The van der Waals surface area contributed by atoms with Crippen LogP contribution in [-0.2, 0) is 9.22 Å². The Labute approximate surface area is 163 Å². The van der Waals surface area contributed by atoms with E-state index in [4.69, 9.17) is 4.43 Å². The molecule has 0 N–H and O–H groups in total. The first-order valence-electron chi connectivity index (χ1n) is 10.7. The van der Waals surface area contributed by atoms with Crippen LogP contribution in [0.4, 0.5) is 0 Å². The molecule has 150 valence electrons. The Morgan fingerprint density at radius 2 is 1.46 bits per heavy atom. The van der Waals surface area contributed by atoms with E-state index in [0.717, 1.165) is 6.54 Å². The summed E-state index contributed by atoms with van der Waals surface area (Å²) >= 11 is 0. The lowest BCUT2D eigenvalue weighted by molar-refractivity contribution is -0.146. The predicted octanol–water partition coefficient (Wildman–Crippen LogP) is 4.68. The second-order valence-electron chi connectivity index (χ2n) is 12.2. The zero-order chi connectivity index (χ0) is 19.6. The van der Waals surface area contributed by atoms with Crippen molar-refractivity contribution in [1.82, 2.24) is 4.90 Å². The maximum absolute atomic E-state index is 13.5. The molecule has 4 aliphatic rings. The van der Waals surface area contributed by atoms with Crippen molar-refractivity contribution in [3.8, 4) is 0 Å². The largest absolute Gasteiger partial charge is 0.418 e. The fourth-order valence-electron chi connectivity index (χ4n) is 5.75. The van der Waals surface area contributed by atoms with Crippen molar-refractivity contribution in [2.75, 3.05) is 6.54 Å². The normalized spacial score (nSPS) is 37.9. The van der Waals surface area contributed by atoms with E-state index in [9.17, 15) is 4.79 Å². The summed E-state index contributed by atoms with van der Waals surface area (Å²) in [6, 6.07) is 0. The molecule has 4 heteroatoms. The molecule has 0 aromatic carbocycles. The van der Waals surface area contributed by atoms with Crippen LogP contribution < -0.4 is 0 Å². The first-order valence-corrected chi connectivity index (χ1v) is 12.0. The molecule has 4 fully saturated rings. The average Bonchev–Trinajstić information content (AvgIpc) is 2.78. The number of fused-ring (bicyclic) bond motifs is 3. The quantitative estimate of drug-likeness (QED) is 0.664. The Morgan fingerprint density at radius 1 is 0.962 bits per heavy atom. The highest BCUT2D eigenvalue weighted by molar-refractivity contribution is 6.31. The van der Waals surface area contributed by atoms with Crippen LogP contribution in [0.5, 0.6) is 0 Å². The van der Waals surface area contributed by atoms with E-state index in [-0.39, 0.29) is 27.5 Å². The number of nitrogens with zero attached hydrogens (tertiary/aromatic N) is 1. The van der Waals surface area contributed by atoms with E-state index in [2.05, 4.69) is 60.3 Å². The number of likely N-dealkylation sites (tertiary alicyclic amines) is 1. The number of carbonyl (C=O) groups is 1. The van der Waals surface area contributed by atoms with Crippen LogP contribution in [-0.4, -0.2) is 38.3 Å². The highest BCUT2D eigenvalue weighted by Gasteiger charge is 2.60. The third-order valence-electron chi connectivity index (χ3n) is 7.90. The summed E-state index contributed by atoms with van der Waals surface area (Å²) in [5.74, 6) is 0.643. The summed E-state index contributed by atoms with van der Waals surface area (Å²) in [5.41, 5.74) is 0.114. The van der Waals surface area contributed by atoms with Gasteiger partial charge in [-0.1, -0.05) is 41.5 Å². The molecule has 26 heavy (non-hydrogen) atoms. The van der Waals surface area contributed by atoms with Crippen molar-refractivity contribution in [3.05, 3.63) is 0 Å². The minimum atomic E-state index is -0.644. The lowest BCUT2D eigenvalue weighted by Gasteiger charge is -2.56. The maximum atomic E-state index is 13.5. The minimum absolute atomic E-state index is 0.137. The van der Waals surface area contributed by atoms with Crippen LogP contribution in [0.1, 0.15) is 93.9 Å².